The normalized spacial score (nSPS) is 19.1. The van der Waals surface area contributed by atoms with Gasteiger partial charge in [0.2, 0.25) is 0 Å². The number of piperazine rings is 1. The zero-order valence-electron chi connectivity index (χ0n) is 9.89. The SMILES string of the molecule is COCCN1CCN(Cc2cccs2)CC1. The van der Waals surface area contributed by atoms with Crippen molar-refractivity contribution < 1.29 is 4.74 Å². The summed E-state index contributed by atoms with van der Waals surface area (Å²) in [4.78, 5) is 6.49. The molecule has 4 heteroatoms. The predicted octanol–water partition coefficient (Wildman–Crippen LogP) is 1.51. The fourth-order valence-electron chi connectivity index (χ4n) is 2.01. The molecule has 1 fully saturated rings. The van der Waals surface area contributed by atoms with Gasteiger partial charge < -0.3 is 4.74 Å². The molecule has 2 rings (SSSR count). The third kappa shape index (κ3) is 3.56. The van der Waals surface area contributed by atoms with E-state index in [4.69, 9.17) is 4.74 Å². The number of ether oxygens (including phenoxy) is 1. The van der Waals surface area contributed by atoms with Crippen molar-refractivity contribution in [2.24, 2.45) is 0 Å². The van der Waals surface area contributed by atoms with Crippen LogP contribution in [0.4, 0.5) is 0 Å². The predicted molar refractivity (Wildman–Crippen MR) is 67.9 cm³/mol. The second-order valence-corrected chi connectivity index (χ2v) is 5.22. The van der Waals surface area contributed by atoms with Crippen LogP contribution < -0.4 is 0 Å². The molecule has 1 saturated heterocycles. The summed E-state index contributed by atoms with van der Waals surface area (Å²) in [6, 6.07) is 4.36. The van der Waals surface area contributed by atoms with Crippen molar-refractivity contribution in [3.8, 4) is 0 Å². The lowest BCUT2D eigenvalue weighted by molar-refractivity contribution is 0.0943. The third-order valence-electron chi connectivity index (χ3n) is 3.04. The molecule has 1 aromatic heterocycles. The third-order valence-corrected chi connectivity index (χ3v) is 3.90. The van der Waals surface area contributed by atoms with Crippen LogP contribution in [0.1, 0.15) is 4.88 Å². The van der Waals surface area contributed by atoms with Crippen LogP contribution in [0.5, 0.6) is 0 Å². The van der Waals surface area contributed by atoms with Crippen LogP contribution in [0, 0.1) is 0 Å². The number of rotatable bonds is 5. The summed E-state index contributed by atoms with van der Waals surface area (Å²) in [5.41, 5.74) is 0. The second-order valence-electron chi connectivity index (χ2n) is 4.19. The van der Waals surface area contributed by atoms with Crippen molar-refractivity contribution in [2.75, 3.05) is 46.4 Å². The molecule has 1 aromatic rings. The van der Waals surface area contributed by atoms with Crippen molar-refractivity contribution in [3.05, 3.63) is 22.4 Å². The first-order chi connectivity index (χ1) is 7.88. The molecule has 2 heterocycles. The second kappa shape index (κ2) is 6.35. The summed E-state index contributed by atoms with van der Waals surface area (Å²) >= 11 is 1.86. The Hall–Kier alpha value is -0.420. The standard InChI is InChI=1S/C12H20N2OS/c1-15-9-8-13-4-6-14(7-5-13)11-12-3-2-10-16-12/h2-3,10H,4-9,11H2,1H3. The van der Waals surface area contributed by atoms with Crippen LogP contribution in [0.25, 0.3) is 0 Å². The van der Waals surface area contributed by atoms with E-state index in [1.165, 1.54) is 31.1 Å². The number of thiophene rings is 1. The number of hydrogen-bond acceptors (Lipinski definition) is 4. The van der Waals surface area contributed by atoms with E-state index < -0.39 is 0 Å². The zero-order valence-corrected chi connectivity index (χ0v) is 10.7. The maximum atomic E-state index is 5.10. The van der Waals surface area contributed by atoms with Crippen molar-refractivity contribution in [1.29, 1.82) is 0 Å². The zero-order chi connectivity index (χ0) is 11.2. The highest BCUT2D eigenvalue weighted by Gasteiger charge is 2.16. The van der Waals surface area contributed by atoms with E-state index in [1.54, 1.807) is 7.11 Å². The fourth-order valence-corrected chi connectivity index (χ4v) is 2.76. The van der Waals surface area contributed by atoms with Crippen LogP contribution in [-0.2, 0) is 11.3 Å². The van der Waals surface area contributed by atoms with Gasteiger partial charge in [0.1, 0.15) is 0 Å². The van der Waals surface area contributed by atoms with Gasteiger partial charge >= 0.3 is 0 Å². The molecule has 0 atom stereocenters. The van der Waals surface area contributed by atoms with Crippen molar-refractivity contribution >= 4 is 11.3 Å². The molecule has 1 aliphatic heterocycles. The Morgan fingerprint density at radius 1 is 1.25 bits per heavy atom. The van der Waals surface area contributed by atoms with Crippen LogP contribution in [0.15, 0.2) is 17.5 Å². The van der Waals surface area contributed by atoms with Gasteiger partial charge in [0.25, 0.3) is 0 Å². The number of methoxy groups -OCH3 is 1. The minimum atomic E-state index is 0.852. The smallest absolute Gasteiger partial charge is 0.0589 e. The van der Waals surface area contributed by atoms with Crippen LogP contribution in [-0.4, -0.2) is 56.2 Å². The molecule has 0 aromatic carbocycles. The van der Waals surface area contributed by atoms with E-state index in [-0.39, 0.29) is 0 Å². The molecular formula is C12H20N2OS. The van der Waals surface area contributed by atoms with E-state index in [9.17, 15) is 0 Å². The van der Waals surface area contributed by atoms with Gasteiger partial charge in [-0.05, 0) is 11.4 Å². The average Bonchev–Trinajstić information content (AvgIpc) is 2.81. The Labute approximate surface area is 102 Å². The molecule has 0 bridgehead atoms. The average molecular weight is 240 g/mol. The van der Waals surface area contributed by atoms with Crippen molar-refractivity contribution in [2.45, 2.75) is 6.54 Å². The highest BCUT2D eigenvalue weighted by atomic mass is 32.1. The quantitative estimate of drug-likeness (QED) is 0.776. The van der Waals surface area contributed by atoms with Crippen molar-refractivity contribution in [1.82, 2.24) is 9.80 Å². The van der Waals surface area contributed by atoms with Crippen molar-refractivity contribution in [3.63, 3.8) is 0 Å². The Morgan fingerprint density at radius 3 is 2.62 bits per heavy atom. The van der Waals surface area contributed by atoms with Gasteiger partial charge in [-0.3, -0.25) is 9.80 Å². The molecule has 0 unspecified atom stereocenters. The summed E-state index contributed by atoms with van der Waals surface area (Å²) in [6.07, 6.45) is 0. The Kier molecular flexibility index (Phi) is 4.78. The first kappa shape index (κ1) is 12.0. The van der Waals surface area contributed by atoms with E-state index in [2.05, 4.69) is 27.3 Å². The summed E-state index contributed by atoms with van der Waals surface area (Å²) in [7, 11) is 1.77. The van der Waals surface area contributed by atoms with Gasteiger partial charge in [-0.15, -0.1) is 11.3 Å². The monoisotopic (exact) mass is 240 g/mol. The first-order valence-electron chi connectivity index (χ1n) is 5.84. The molecule has 0 aliphatic carbocycles. The Balaban J connectivity index is 1.69. The number of hydrogen-bond donors (Lipinski definition) is 0. The number of nitrogens with zero attached hydrogens (tertiary/aromatic N) is 2. The molecule has 0 radical (unpaired) electrons. The summed E-state index contributed by atoms with van der Waals surface area (Å²) in [5.74, 6) is 0. The Morgan fingerprint density at radius 2 is 2.00 bits per heavy atom. The lowest BCUT2D eigenvalue weighted by atomic mass is 10.3. The van der Waals surface area contributed by atoms with Gasteiger partial charge in [-0.2, -0.15) is 0 Å². The lowest BCUT2D eigenvalue weighted by Crippen LogP contribution is -2.46. The minimum absolute atomic E-state index is 0.852. The molecule has 0 spiro atoms. The molecule has 0 amide bonds. The molecule has 0 saturated carbocycles. The summed E-state index contributed by atoms with van der Waals surface area (Å²) in [5, 5.41) is 2.16. The molecule has 0 N–H and O–H groups in total. The van der Waals surface area contributed by atoms with Gasteiger partial charge in [0.15, 0.2) is 0 Å². The summed E-state index contributed by atoms with van der Waals surface area (Å²) < 4.78 is 5.10. The topological polar surface area (TPSA) is 15.7 Å². The summed E-state index contributed by atoms with van der Waals surface area (Å²) in [6.45, 7) is 7.76. The molecule has 3 nitrogen and oxygen atoms in total. The molecule has 1 aliphatic rings. The largest absolute Gasteiger partial charge is 0.383 e. The molecular weight excluding hydrogens is 220 g/mol. The van der Waals surface area contributed by atoms with E-state index in [0.29, 0.717) is 0 Å². The minimum Gasteiger partial charge on any atom is -0.383 e. The molecule has 90 valence electrons. The van der Waals surface area contributed by atoms with Gasteiger partial charge in [-0.25, -0.2) is 0 Å². The van der Waals surface area contributed by atoms with E-state index in [1.807, 2.05) is 11.3 Å². The van der Waals surface area contributed by atoms with Crippen LogP contribution >= 0.6 is 11.3 Å². The van der Waals surface area contributed by atoms with Gasteiger partial charge in [0, 0.05) is 51.3 Å². The first-order valence-corrected chi connectivity index (χ1v) is 6.72. The van der Waals surface area contributed by atoms with Crippen LogP contribution in [0.3, 0.4) is 0 Å². The van der Waals surface area contributed by atoms with Crippen LogP contribution in [0.2, 0.25) is 0 Å². The van der Waals surface area contributed by atoms with E-state index in [0.717, 1.165) is 19.7 Å². The van der Waals surface area contributed by atoms with Gasteiger partial charge in [0.05, 0.1) is 6.61 Å². The fraction of sp³-hybridized carbons (Fsp3) is 0.667. The lowest BCUT2D eigenvalue weighted by Gasteiger charge is -2.34. The highest BCUT2D eigenvalue weighted by Crippen LogP contribution is 2.13. The molecule has 16 heavy (non-hydrogen) atoms. The Bertz CT molecular complexity index is 281. The maximum Gasteiger partial charge on any atom is 0.0589 e. The highest BCUT2D eigenvalue weighted by molar-refractivity contribution is 7.09. The van der Waals surface area contributed by atoms with Gasteiger partial charge in [-0.1, -0.05) is 6.07 Å². The van der Waals surface area contributed by atoms with E-state index >= 15 is 0 Å². The maximum absolute atomic E-state index is 5.10.